The van der Waals surface area contributed by atoms with Gasteiger partial charge in [-0.1, -0.05) is 37.8 Å². The summed E-state index contributed by atoms with van der Waals surface area (Å²) in [4.78, 5) is 12.9. The molecule has 1 unspecified atom stereocenters. The minimum Gasteiger partial charge on any atom is -0.463 e. The quantitative estimate of drug-likeness (QED) is 0.671. The monoisotopic (exact) mass is 395 g/mol. The summed E-state index contributed by atoms with van der Waals surface area (Å²) in [6.07, 6.45) is 3.49. The molecule has 0 saturated heterocycles. The van der Waals surface area contributed by atoms with E-state index in [-0.39, 0.29) is 5.43 Å². The van der Waals surface area contributed by atoms with Crippen LogP contribution in [0.1, 0.15) is 25.8 Å². The predicted octanol–water partition coefficient (Wildman–Crippen LogP) is 4.23. The van der Waals surface area contributed by atoms with Crippen molar-refractivity contribution in [2.24, 2.45) is 5.92 Å². The molecule has 3 aromatic rings. The van der Waals surface area contributed by atoms with Crippen molar-refractivity contribution in [2.45, 2.75) is 20.3 Å². The number of rotatable bonds is 4. The number of sulfonamides is 1. The minimum atomic E-state index is -3.35. The van der Waals surface area contributed by atoms with Crippen LogP contribution in [0.25, 0.3) is 22.1 Å². The second kappa shape index (κ2) is 7.91. The van der Waals surface area contributed by atoms with E-state index in [4.69, 9.17) is 4.42 Å². The summed E-state index contributed by atoms with van der Waals surface area (Å²) >= 11 is 0. The summed E-state index contributed by atoms with van der Waals surface area (Å²) in [6.45, 7) is 4.15. The smallest absolute Gasteiger partial charge is 0.229 e. The lowest BCUT2D eigenvalue weighted by Gasteiger charge is -2.06. The maximum absolute atomic E-state index is 12.9. The molecule has 1 atom stereocenters. The van der Waals surface area contributed by atoms with Crippen molar-refractivity contribution in [3.8, 4) is 23.0 Å². The molecule has 1 N–H and O–H groups in total. The van der Waals surface area contributed by atoms with E-state index in [0.29, 0.717) is 33.7 Å². The van der Waals surface area contributed by atoms with E-state index >= 15 is 0 Å². The lowest BCUT2D eigenvalue weighted by Crippen LogP contribution is -2.09. The Bertz CT molecular complexity index is 1230. The number of anilines is 1. The van der Waals surface area contributed by atoms with Gasteiger partial charge in [0.2, 0.25) is 10.0 Å². The van der Waals surface area contributed by atoms with Crippen LogP contribution in [0.3, 0.4) is 0 Å². The summed E-state index contributed by atoms with van der Waals surface area (Å²) in [5.74, 6) is 6.59. The van der Waals surface area contributed by atoms with Crippen LogP contribution in [0, 0.1) is 17.8 Å². The molecule has 3 rings (SSSR count). The zero-order chi connectivity index (χ0) is 20.3. The highest BCUT2D eigenvalue weighted by molar-refractivity contribution is 7.92. The van der Waals surface area contributed by atoms with Gasteiger partial charge in [0.15, 0.2) is 5.43 Å². The van der Waals surface area contributed by atoms with E-state index < -0.39 is 10.0 Å². The van der Waals surface area contributed by atoms with Gasteiger partial charge in [-0.05, 0) is 42.3 Å². The Morgan fingerprint density at radius 3 is 2.50 bits per heavy atom. The second-order valence-corrected chi connectivity index (χ2v) is 8.47. The highest BCUT2D eigenvalue weighted by atomic mass is 32.2. The van der Waals surface area contributed by atoms with E-state index in [1.165, 1.54) is 6.26 Å². The van der Waals surface area contributed by atoms with Gasteiger partial charge in [0.25, 0.3) is 0 Å². The number of hydrogen-bond donors (Lipinski definition) is 1. The summed E-state index contributed by atoms with van der Waals surface area (Å²) in [6, 6.07) is 11.9. The molecule has 1 heterocycles. The molecular weight excluding hydrogens is 374 g/mol. The highest BCUT2D eigenvalue weighted by Gasteiger charge is 2.10. The summed E-state index contributed by atoms with van der Waals surface area (Å²) < 4.78 is 30.7. The van der Waals surface area contributed by atoms with E-state index in [0.717, 1.165) is 18.2 Å². The first-order valence-corrected chi connectivity index (χ1v) is 10.8. The Labute approximate surface area is 164 Å². The number of fused-ring (bicyclic) bond motifs is 1. The fourth-order valence-corrected chi connectivity index (χ4v) is 3.21. The first kappa shape index (κ1) is 19.7. The third-order valence-electron chi connectivity index (χ3n) is 4.35. The first-order chi connectivity index (χ1) is 13.3. The van der Waals surface area contributed by atoms with Crippen molar-refractivity contribution >= 4 is 26.7 Å². The molecule has 28 heavy (non-hydrogen) atoms. The predicted molar refractivity (Wildman–Crippen MR) is 113 cm³/mol. The minimum absolute atomic E-state index is 0.147. The van der Waals surface area contributed by atoms with Gasteiger partial charge in [0, 0.05) is 17.2 Å². The van der Waals surface area contributed by atoms with Crippen molar-refractivity contribution < 1.29 is 12.8 Å². The van der Waals surface area contributed by atoms with E-state index in [1.54, 1.807) is 36.4 Å². The highest BCUT2D eigenvalue weighted by Crippen LogP contribution is 2.22. The van der Waals surface area contributed by atoms with E-state index in [2.05, 4.69) is 30.4 Å². The van der Waals surface area contributed by atoms with Gasteiger partial charge in [-0.2, -0.15) is 0 Å². The van der Waals surface area contributed by atoms with E-state index in [9.17, 15) is 13.2 Å². The molecule has 2 aromatic carbocycles. The Hall–Kier alpha value is -3.04. The summed E-state index contributed by atoms with van der Waals surface area (Å²) in [5, 5.41) is 0.477. The van der Waals surface area contributed by atoms with Crippen LogP contribution in [-0.2, 0) is 10.0 Å². The molecule has 6 heteroatoms. The fourth-order valence-electron chi connectivity index (χ4n) is 2.65. The fraction of sp³-hybridized carbons (Fsp3) is 0.227. The van der Waals surface area contributed by atoms with Crippen LogP contribution in [-0.4, -0.2) is 14.7 Å². The Morgan fingerprint density at radius 1 is 1.14 bits per heavy atom. The first-order valence-electron chi connectivity index (χ1n) is 8.92. The molecule has 0 saturated carbocycles. The average Bonchev–Trinajstić information content (AvgIpc) is 2.66. The van der Waals surface area contributed by atoms with Gasteiger partial charge < -0.3 is 4.42 Å². The Kier molecular flexibility index (Phi) is 5.57. The van der Waals surface area contributed by atoms with Crippen molar-refractivity contribution in [1.29, 1.82) is 0 Å². The molecule has 144 valence electrons. The van der Waals surface area contributed by atoms with Crippen LogP contribution < -0.4 is 10.2 Å². The van der Waals surface area contributed by atoms with Crippen LogP contribution in [0.15, 0.2) is 57.9 Å². The van der Waals surface area contributed by atoms with Crippen molar-refractivity contribution in [2.75, 3.05) is 11.0 Å². The molecule has 0 spiro atoms. The zero-order valence-corrected chi connectivity index (χ0v) is 16.8. The molecule has 0 bridgehead atoms. The van der Waals surface area contributed by atoms with Crippen LogP contribution in [0.2, 0.25) is 0 Å². The van der Waals surface area contributed by atoms with Gasteiger partial charge in [0.1, 0.15) is 11.8 Å². The van der Waals surface area contributed by atoms with Crippen LogP contribution in [0.5, 0.6) is 0 Å². The van der Waals surface area contributed by atoms with Gasteiger partial charge in [-0.25, -0.2) is 8.42 Å². The summed E-state index contributed by atoms with van der Waals surface area (Å²) in [7, 11) is -3.35. The molecule has 0 aliphatic rings. The molecule has 0 amide bonds. The van der Waals surface area contributed by atoms with Crippen molar-refractivity contribution in [1.82, 2.24) is 0 Å². The van der Waals surface area contributed by atoms with Gasteiger partial charge >= 0.3 is 0 Å². The second-order valence-electron chi connectivity index (χ2n) is 6.72. The average molecular weight is 395 g/mol. The third kappa shape index (κ3) is 4.62. The molecule has 5 nitrogen and oxygen atoms in total. The molecule has 0 radical (unpaired) electrons. The van der Waals surface area contributed by atoms with Crippen molar-refractivity contribution in [3.05, 3.63) is 64.5 Å². The molecule has 0 aliphatic heterocycles. The lowest BCUT2D eigenvalue weighted by atomic mass is 10.0. The number of hydrogen-bond acceptors (Lipinski definition) is 4. The third-order valence-corrected chi connectivity index (χ3v) is 4.96. The maximum Gasteiger partial charge on any atom is 0.229 e. The van der Waals surface area contributed by atoms with E-state index in [1.807, 2.05) is 6.07 Å². The van der Waals surface area contributed by atoms with Gasteiger partial charge in [-0.3, -0.25) is 9.52 Å². The van der Waals surface area contributed by atoms with Crippen molar-refractivity contribution in [3.63, 3.8) is 0 Å². The molecule has 0 fully saturated rings. The van der Waals surface area contributed by atoms with Gasteiger partial charge in [0.05, 0.1) is 17.2 Å². The summed E-state index contributed by atoms with van der Waals surface area (Å²) in [5.41, 5.74) is 2.64. The number of benzene rings is 2. The van der Waals surface area contributed by atoms with Gasteiger partial charge in [-0.15, -0.1) is 0 Å². The normalized spacial score (nSPS) is 12.2. The maximum atomic E-state index is 12.9. The van der Waals surface area contributed by atoms with Crippen LogP contribution >= 0.6 is 0 Å². The molecular formula is C22H21NO4S. The lowest BCUT2D eigenvalue weighted by molar-refractivity contribution is 0.604. The molecule has 0 aliphatic carbocycles. The zero-order valence-electron chi connectivity index (χ0n) is 15.9. The molecule has 1 aromatic heterocycles. The van der Waals surface area contributed by atoms with Crippen LogP contribution in [0.4, 0.5) is 5.69 Å². The number of nitrogens with one attached hydrogen (secondary N) is 1. The Balaban J connectivity index is 1.96. The largest absolute Gasteiger partial charge is 0.463 e. The SMILES string of the molecule is CCC(C)C#Cc1ccc2c(=O)c(-c3ccc(NS(C)(=O)=O)cc3)coc2c1. The topological polar surface area (TPSA) is 76.4 Å². The standard InChI is InChI=1S/C22H21NO4S/c1-4-15(2)5-6-16-7-12-19-21(13-16)27-14-20(22(19)24)17-8-10-18(11-9-17)23-28(3,25)26/h7-15,23H,4H2,1-3H3. The Morgan fingerprint density at radius 2 is 1.86 bits per heavy atom.